The molecule has 0 saturated carbocycles. The lowest BCUT2D eigenvalue weighted by Crippen LogP contribution is -2.25. The number of rotatable bonds is 10. The Bertz CT molecular complexity index is 1280. The van der Waals surface area contributed by atoms with Crippen LogP contribution >= 0.6 is 11.6 Å². The molecule has 3 rings (SSSR count). The molecule has 3 aromatic rings. The molecule has 1 aromatic heterocycles. The van der Waals surface area contributed by atoms with Crippen LogP contribution in [-0.2, 0) is 4.79 Å². The Morgan fingerprint density at radius 1 is 1.17 bits per heavy atom. The van der Waals surface area contributed by atoms with Crippen molar-refractivity contribution in [3.05, 3.63) is 83.3 Å². The lowest BCUT2D eigenvalue weighted by Gasteiger charge is -2.12. The second kappa shape index (κ2) is 12.1. The molecule has 0 fully saturated rings. The van der Waals surface area contributed by atoms with Crippen LogP contribution in [0, 0.1) is 17.1 Å². The molecule has 0 unspecified atom stereocenters. The van der Waals surface area contributed by atoms with Gasteiger partial charge >= 0.3 is 0 Å². The van der Waals surface area contributed by atoms with E-state index >= 15 is 0 Å². The highest BCUT2D eigenvalue weighted by Gasteiger charge is 2.10. The van der Waals surface area contributed by atoms with Crippen LogP contribution in [0.4, 0.5) is 27.5 Å². The summed E-state index contributed by atoms with van der Waals surface area (Å²) in [5, 5.41) is 20.3. The molecule has 0 aliphatic rings. The van der Waals surface area contributed by atoms with Gasteiger partial charge in [-0.05, 0) is 55.0 Å². The van der Waals surface area contributed by atoms with E-state index in [-0.39, 0.29) is 17.5 Å². The second-order valence-electron chi connectivity index (χ2n) is 7.13. The summed E-state index contributed by atoms with van der Waals surface area (Å²) in [5.41, 5.74) is 1.39. The lowest BCUT2D eigenvalue weighted by molar-refractivity contribution is -0.111. The molecule has 0 radical (unpaired) electrons. The van der Waals surface area contributed by atoms with Gasteiger partial charge in [-0.1, -0.05) is 18.2 Å². The predicted molar refractivity (Wildman–Crippen MR) is 132 cm³/mol. The normalized spacial score (nSPS) is 10.1. The van der Waals surface area contributed by atoms with Gasteiger partial charge in [0.1, 0.15) is 16.7 Å². The summed E-state index contributed by atoms with van der Waals surface area (Å²) in [6.07, 6.45) is 3.05. The monoisotopic (exact) mass is 493 g/mol. The second-order valence-corrected chi connectivity index (χ2v) is 7.54. The largest absolute Gasteiger partial charge is 0.369 e. The molecule has 9 nitrogen and oxygen atoms in total. The maximum atomic E-state index is 13.9. The molecule has 0 bridgehead atoms. The minimum Gasteiger partial charge on any atom is -0.369 e. The van der Waals surface area contributed by atoms with E-state index in [1.807, 2.05) is 6.07 Å². The number of carbonyl (C=O) groups is 2. The zero-order valence-electron chi connectivity index (χ0n) is 18.4. The summed E-state index contributed by atoms with van der Waals surface area (Å²) in [4.78, 5) is 32.0. The molecule has 4 N–H and O–H groups in total. The van der Waals surface area contributed by atoms with E-state index in [0.717, 1.165) is 6.08 Å². The number of carbonyl (C=O) groups excluding carboxylic acids is 2. The number of aromatic nitrogens is 2. The Morgan fingerprint density at radius 2 is 1.94 bits per heavy atom. The van der Waals surface area contributed by atoms with Gasteiger partial charge in [0.05, 0.1) is 23.5 Å². The Hall–Kier alpha value is -4.49. The maximum absolute atomic E-state index is 13.9. The van der Waals surface area contributed by atoms with Crippen LogP contribution in [0.5, 0.6) is 0 Å². The summed E-state index contributed by atoms with van der Waals surface area (Å²) in [6.45, 7) is 4.22. The van der Waals surface area contributed by atoms with Crippen molar-refractivity contribution in [2.24, 2.45) is 0 Å². The van der Waals surface area contributed by atoms with Gasteiger partial charge in [0.2, 0.25) is 11.9 Å². The summed E-state index contributed by atoms with van der Waals surface area (Å²) in [7, 11) is 0. The molecule has 2 amide bonds. The van der Waals surface area contributed by atoms with Crippen LogP contribution in [0.1, 0.15) is 22.3 Å². The fourth-order valence-electron chi connectivity index (χ4n) is 2.86. The third kappa shape index (κ3) is 7.25. The van der Waals surface area contributed by atoms with Crippen molar-refractivity contribution in [1.29, 1.82) is 5.26 Å². The number of hydrogen-bond acceptors (Lipinski definition) is 7. The summed E-state index contributed by atoms with van der Waals surface area (Å²) in [6, 6.07) is 12.4. The lowest BCUT2D eigenvalue weighted by atomic mass is 10.1. The van der Waals surface area contributed by atoms with E-state index < -0.39 is 11.7 Å². The SMILES string of the molecule is C=CC(=O)Nc1cc(Nc2ncc(Cl)c(NCCCNC(=O)c3ccc(C#N)cc3)n2)ccc1F. The van der Waals surface area contributed by atoms with Gasteiger partial charge in [0.25, 0.3) is 5.91 Å². The smallest absolute Gasteiger partial charge is 0.251 e. The van der Waals surface area contributed by atoms with Crippen molar-refractivity contribution in [3.8, 4) is 6.07 Å². The standard InChI is InChI=1S/C24H21ClFN7O2/c1-2-21(34)32-20-12-17(8-9-19(20)26)31-24-30-14-18(25)22(33-24)28-10-3-11-29-23(35)16-6-4-15(13-27)5-7-16/h2,4-9,12,14H,1,3,10-11H2,(H,29,35)(H,32,34)(H2,28,30,31,33). The van der Waals surface area contributed by atoms with E-state index in [4.69, 9.17) is 16.9 Å². The van der Waals surface area contributed by atoms with Gasteiger partial charge in [0.15, 0.2) is 0 Å². The highest BCUT2D eigenvalue weighted by molar-refractivity contribution is 6.32. The number of nitriles is 1. The van der Waals surface area contributed by atoms with Gasteiger partial charge in [-0.25, -0.2) is 9.37 Å². The van der Waals surface area contributed by atoms with E-state index in [1.165, 1.54) is 24.4 Å². The van der Waals surface area contributed by atoms with Crippen molar-refractivity contribution >= 4 is 46.6 Å². The van der Waals surface area contributed by atoms with Crippen LogP contribution in [0.2, 0.25) is 5.02 Å². The van der Waals surface area contributed by atoms with Crippen LogP contribution < -0.4 is 21.3 Å². The summed E-state index contributed by atoms with van der Waals surface area (Å²) < 4.78 is 13.9. The Morgan fingerprint density at radius 3 is 2.66 bits per heavy atom. The van der Waals surface area contributed by atoms with Gasteiger partial charge in [-0.2, -0.15) is 10.2 Å². The fraction of sp³-hybridized carbons (Fsp3) is 0.125. The zero-order chi connectivity index (χ0) is 25.2. The van der Waals surface area contributed by atoms with E-state index in [1.54, 1.807) is 24.3 Å². The molecule has 2 aromatic carbocycles. The number of hydrogen-bond donors (Lipinski definition) is 4. The first-order chi connectivity index (χ1) is 16.9. The molecule has 0 saturated heterocycles. The first kappa shape index (κ1) is 25.1. The van der Waals surface area contributed by atoms with Crippen LogP contribution in [-0.4, -0.2) is 34.9 Å². The summed E-state index contributed by atoms with van der Waals surface area (Å²) in [5.74, 6) is -0.785. The van der Waals surface area contributed by atoms with Gasteiger partial charge in [-0.3, -0.25) is 9.59 Å². The number of nitrogens with zero attached hydrogens (tertiary/aromatic N) is 3. The molecule has 0 aliphatic heterocycles. The van der Waals surface area contributed by atoms with E-state index in [0.29, 0.717) is 47.2 Å². The van der Waals surface area contributed by atoms with Crippen molar-refractivity contribution in [1.82, 2.24) is 15.3 Å². The first-order valence-electron chi connectivity index (χ1n) is 10.4. The van der Waals surface area contributed by atoms with Crippen LogP contribution in [0.15, 0.2) is 61.3 Å². The van der Waals surface area contributed by atoms with Gasteiger partial charge in [-0.15, -0.1) is 0 Å². The van der Waals surface area contributed by atoms with E-state index in [9.17, 15) is 14.0 Å². The average molecular weight is 494 g/mol. The molecule has 1 heterocycles. The molecule has 11 heteroatoms. The van der Waals surface area contributed by atoms with Crippen molar-refractivity contribution in [3.63, 3.8) is 0 Å². The molecule has 0 aliphatic carbocycles. The zero-order valence-corrected chi connectivity index (χ0v) is 19.2. The average Bonchev–Trinajstić information content (AvgIpc) is 2.87. The van der Waals surface area contributed by atoms with E-state index in [2.05, 4.69) is 37.8 Å². The highest BCUT2D eigenvalue weighted by atomic mass is 35.5. The molecular weight excluding hydrogens is 473 g/mol. The molecule has 35 heavy (non-hydrogen) atoms. The van der Waals surface area contributed by atoms with Crippen molar-refractivity contribution < 1.29 is 14.0 Å². The molecule has 0 spiro atoms. The minimum atomic E-state index is -0.601. The van der Waals surface area contributed by atoms with Crippen molar-refractivity contribution in [2.75, 3.05) is 29.0 Å². The Balaban J connectivity index is 1.52. The first-order valence-corrected chi connectivity index (χ1v) is 10.8. The third-order valence-corrected chi connectivity index (χ3v) is 4.89. The molecule has 178 valence electrons. The number of nitrogens with one attached hydrogen (secondary N) is 4. The minimum absolute atomic E-state index is 0.0183. The Labute approximate surface area is 206 Å². The third-order valence-electron chi connectivity index (χ3n) is 4.62. The van der Waals surface area contributed by atoms with Crippen LogP contribution in [0.25, 0.3) is 0 Å². The molecule has 0 atom stereocenters. The summed E-state index contributed by atoms with van der Waals surface area (Å²) >= 11 is 6.17. The Kier molecular flexibility index (Phi) is 8.70. The number of anilines is 4. The number of benzene rings is 2. The van der Waals surface area contributed by atoms with Gasteiger partial charge in [0, 0.05) is 24.3 Å². The topological polar surface area (TPSA) is 132 Å². The van der Waals surface area contributed by atoms with Crippen LogP contribution in [0.3, 0.4) is 0 Å². The number of halogens is 2. The predicted octanol–water partition coefficient (Wildman–Crippen LogP) is 4.24. The maximum Gasteiger partial charge on any atom is 0.251 e. The quantitative estimate of drug-likeness (QED) is 0.245. The fourth-order valence-corrected chi connectivity index (χ4v) is 3.02. The highest BCUT2D eigenvalue weighted by Crippen LogP contribution is 2.24. The molecular formula is C24H21ClFN7O2. The van der Waals surface area contributed by atoms with Crippen molar-refractivity contribution in [2.45, 2.75) is 6.42 Å². The number of amides is 2. The van der Waals surface area contributed by atoms with Gasteiger partial charge < -0.3 is 21.3 Å².